The Bertz CT molecular complexity index is 1820. The molecule has 0 spiro atoms. The van der Waals surface area contributed by atoms with Crippen LogP contribution in [0.3, 0.4) is 0 Å². The molecule has 0 radical (unpaired) electrons. The fourth-order valence-corrected chi connectivity index (χ4v) is 8.03. The Morgan fingerprint density at radius 2 is 1.80 bits per heavy atom. The first-order chi connectivity index (χ1) is 25.6. The maximum absolute atomic E-state index is 15.2. The van der Waals surface area contributed by atoms with Crippen LogP contribution in [-0.2, 0) is 33.8 Å². The van der Waals surface area contributed by atoms with Gasteiger partial charge in [-0.2, -0.15) is 0 Å². The lowest BCUT2D eigenvalue weighted by Crippen LogP contribution is -2.76. The molecular formula is C41H53FN8O4. The van der Waals surface area contributed by atoms with Gasteiger partial charge in [-0.25, -0.2) is 19.4 Å². The van der Waals surface area contributed by atoms with Crippen molar-refractivity contribution in [3.63, 3.8) is 0 Å². The molecule has 54 heavy (non-hydrogen) atoms. The molecular weight excluding hydrogens is 688 g/mol. The average molecular weight is 741 g/mol. The Morgan fingerprint density at radius 1 is 1.02 bits per heavy atom. The number of carbonyl (C=O) groups is 3. The lowest BCUT2D eigenvalue weighted by Gasteiger charge is -2.55. The number of rotatable bonds is 11. The van der Waals surface area contributed by atoms with Crippen LogP contribution in [0.25, 0.3) is 0 Å². The van der Waals surface area contributed by atoms with E-state index in [4.69, 9.17) is 4.98 Å². The maximum atomic E-state index is 15.2. The first-order valence-electron chi connectivity index (χ1n) is 18.5. The van der Waals surface area contributed by atoms with Gasteiger partial charge in [0.2, 0.25) is 17.7 Å². The molecule has 1 N–H and O–H groups in total. The van der Waals surface area contributed by atoms with Crippen LogP contribution < -0.4 is 4.90 Å². The Morgan fingerprint density at radius 3 is 2.52 bits per heavy atom. The standard InChI is InChI=1S/C40H49FN8O4.CH4/c1-4-17-47-27-39(52)48-35(20-30-14-15-33(50)21-34(30)41)40(53)46(26-37(48)49(47)38(51)16-13-29-9-6-5-7-10-29)23-31-11-8-12-36(42-31)45-24-32(25-45)44-19-18-43(3)28(2)22-44;/h4-12,14-15,21,28,32,35,37,50H,1,13,16-20,22-27H2,2-3H3;1H4/t28-,35-,37?;/m0./s1. The molecule has 0 saturated carbocycles. The lowest BCUT2D eigenvalue weighted by atomic mass is 9.97. The number of aromatic nitrogens is 1. The Balaban J connectivity index is 0.00000497. The van der Waals surface area contributed by atoms with Gasteiger partial charge in [-0.15, -0.1) is 6.58 Å². The number of fused-ring (bicyclic) bond motifs is 1. The summed E-state index contributed by atoms with van der Waals surface area (Å²) in [5.74, 6) is -0.933. The topological polar surface area (TPSA) is 107 Å². The van der Waals surface area contributed by atoms with Crippen LogP contribution in [0.15, 0.2) is 79.4 Å². The molecule has 5 heterocycles. The summed E-state index contributed by atoms with van der Waals surface area (Å²) in [6, 6.07) is 19.3. The van der Waals surface area contributed by atoms with Gasteiger partial charge in [0.05, 0.1) is 25.3 Å². The molecule has 13 heteroatoms. The molecule has 12 nitrogen and oxygen atoms in total. The summed E-state index contributed by atoms with van der Waals surface area (Å²) >= 11 is 0. The predicted molar refractivity (Wildman–Crippen MR) is 206 cm³/mol. The first-order valence-corrected chi connectivity index (χ1v) is 18.5. The molecule has 4 saturated heterocycles. The van der Waals surface area contributed by atoms with Crippen molar-refractivity contribution in [2.45, 2.75) is 64.4 Å². The zero-order chi connectivity index (χ0) is 37.2. The highest BCUT2D eigenvalue weighted by molar-refractivity contribution is 5.92. The van der Waals surface area contributed by atoms with Crippen LogP contribution in [0, 0.1) is 5.82 Å². The number of phenols is 1. The Kier molecular flexibility index (Phi) is 12.0. The number of hydrazine groups is 1. The SMILES string of the molecule is C.C=CCN1CC(=O)N2C(CN(Cc3cccc(N4CC(N5CCN(C)[C@@H](C)C5)C4)n3)C(=O)[C@@H]2Cc2ccc(O)cc2F)N1C(=O)CCc1ccccc1. The fraction of sp³-hybridized carbons (Fsp3) is 0.463. The van der Waals surface area contributed by atoms with Gasteiger partial charge < -0.3 is 24.7 Å². The molecule has 3 aromatic rings. The number of amides is 3. The number of benzene rings is 2. The van der Waals surface area contributed by atoms with Crippen molar-refractivity contribution in [3.8, 4) is 5.75 Å². The molecule has 0 aliphatic carbocycles. The zero-order valence-corrected chi connectivity index (χ0v) is 30.6. The number of aryl methyl sites for hydroxylation is 1. The van der Waals surface area contributed by atoms with Crippen LogP contribution in [0.5, 0.6) is 5.75 Å². The van der Waals surface area contributed by atoms with Crippen molar-refractivity contribution < 1.29 is 23.9 Å². The van der Waals surface area contributed by atoms with E-state index in [9.17, 15) is 19.5 Å². The van der Waals surface area contributed by atoms with Crippen molar-refractivity contribution in [2.75, 3.05) is 64.3 Å². The van der Waals surface area contributed by atoms with Crippen LogP contribution in [0.2, 0.25) is 0 Å². The zero-order valence-electron chi connectivity index (χ0n) is 30.6. The van der Waals surface area contributed by atoms with Gasteiger partial charge in [0, 0.05) is 70.3 Å². The highest BCUT2D eigenvalue weighted by Gasteiger charge is 2.51. The largest absolute Gasteiger partial charge is 0.508 e. The van der Waals surface area contributed by atoms with E-state index in [-0.39, 0.29) is 75.5 Å². The molecule has 3 atom stereocenters. The Labute approximate surface area is 318 Å². The van der Waals surface area contributed by atoms with E-state index in [2.05, 4.69) is 35.3 Å². The third-order valence-electron chi connectivity index (χ3n) is 11.2. The lowest BCUT2D eigenvalue weighted by molar-refractivity contribution is -0.205. The summed E-state index contributed by atoms with van der Waals surface area (Å²) in [6.07, 6.45) is 1.40. The second-order valence-corrected chi connectivity index (χ2v) is 14.7. The van der Waals surface area contributed by atoms with E-state index >= 15 is 4.39 Å². The molecule has 3 amide bonds. The number of phenolic OH excluding ortho intramolecular Hbond substituents is 1. The van der Waals surface area contributed by atoms with E-state index < -0.39 is 18.0 Å². The quantitative estimate of drug-likeness (QED) is 0.297. The van der Waals surface area contributed by atoms with Gasteiger partial charge in [0.15, 0.2) is 0 Å². The maximum Gasteiger partial charge on any atom is 0.246 e. The smallest absolute Gasteiger partial charge is 0.246 e. The summed E-state index contributed by atoms with van der Waals surface area (Å²) in [6.45, 7) is 11.4. The number of carbonyl (C=O) groups excluding carboxylic acids is 3. The van der Waals surface area contributed by atoms with Crippen LogP contribution in [0.4, 0.5) is 10.2 Å². The summed E-state index contributed by atoms with van der Waals surface area (Å²) in [5.41, 5.74) is 1.88. The molecule has 4 fully saturated rings. The number of likely N-dealkylation sites (N-methyl/N-ethyl adjacent to an activating group) is 1. The fourth-order valence-electron chi connectivity index (χ4n) is 8.03. The molecule has 1 aromatic heterocycles. The number of hydrogen-bond acceptors (Lipinski definition) is 9. The number of anilines is 1. The normalized spacial score (nSPS) is 22.8. The molecule has 7 rings (SSSR count). The number of pyridine rings is 1. The summed E-state index contributed by atoms with van der Waals surface area (Å²) in [4.78, 5) is 57.8. The number of halogens is 1. The molecule has 2 aromatic carbocycles. The van der Waals surface area contributed by atoms with Gasteiger partial charge in [-0.05, 0) is 49.7 Å². The third kappa shape index (κ3) is 8.13. The van der Waals surface area contributed by atoms with Crippen molar-refractivity contribution in [1.29, 1.82) is 0 Å². The number of piperazine rings is 2. The summed E-state index contributed by atoms with van der Waals surface area (Å²) in [5, 5.41) is 13.2. The molecule has 1 unspecified atom stereocenters. The van der Waals surface area contributed by atoms with Crippen LogP contribution in [0.1, 0.15) is 37.6 Å². The van der Waals surface area contributed by atoms with Gasteiger partial charge >= 0.3 is 0 Å². The number of aromatic hydroxyl groups is 1. The third-order valence-corrected chi connectivity index (χ3v) is 11.2. The van der Waals surface area contributed by atoms with Crippen molar-refractivity contribution in [3.05, 3.63) is 102 Å². The van der Waals surface area contributed by atoms with Gasteiger partial charge in [0.1, 0.15) is 29.6 Å². The second kappa shape index (κ2) is 16.7. The highest BCUT2D eigenvalue weighted by atomic mass is 19.1. The van der Waals surface area contributed by atoms with Crippen molar-refractivity contribution in [1.82, 2.24) is 34.6 Å². The molecule has 4 aliphatic rings. The summed E-state index contributed by atoms with van der Waals surface area (Å²) in [7, 11) is 2.17. The minimum Gasteiger partial charge on any atom is -0.508 e. The minimum absolute atomic E-state index is 0. The van der Waals surface area contributed by atoms with Gasteiger partial charge in [0.25, 0.3) is 0 Å². The van der Waals surface area contributed by atoms with Crippen LogP contribution >= 0.6 is 0 Å². The van der Waals surface area contributed by atoms with E-state index in [1.807, 2.05) is 48.5 Å². The van der Waals surface area contributed by atoms with Crippen molar-refractivity contribution >= 4 is 23.5 Å². The van der Waals surface area contributed by atoms with Gasteiger partial charge in [-0.3, -0.25) is 19.3 Å². The predicted octanol–water partition coefficient (Wildman–Crippen LogP) is 3.37. The van der Waals surface area contributed by atoms with E-state index in [0.29, 0.717) is 24.2 Å². The number of nitrogens with zero attached hydrogens (tertiary/aromatic N) is 8. The Hall–Kier alpha value is -4.85. The van der Waals surface area contributed by atoms with Crippen molar-refractivity contribution in [2.24, 2.45) is 0 Å². The second-order valence-electron chi connectivity index (χ2n) is 14.7. The monoisotopic (exact) mass is 740 g/mol. The molecule has 4 aliphatic heterocycles. The summed E-state index contributed by atoms with van der Waals surface area (Å²) < 4.78 is 15.2. The van der Waals surface area contributed by atoms with E-state index in [0.717, 1.165) is 50.2 Å². The molecule has 0 bridgehead atoms. The van der Waals surface area contributed by atoms with E-state index in [1.54, 1.807) is 21.0 Å². The average Bonchev–Trinajstić information content (AvgIpc) is 3.11. The highest BCUT2D eigenvalue weighted by Crippen LogP contribution is 2.31. The number of hydrogen-bond donors (Lipinski definition) is 1. The minimum atomic E-state index is -1.08. The van der Waals surface area contributed by atoms with E-state index in [1.165, 1.54) is 17.0 Å². The van der Waals surface area contributed by atoms with Crippen LogP contribution in [-0.4, -0.2) is 141 Å². The van der Waals surface area contributed by atoms with Gasteiger partial charge in [-0.1, -0.05) is 56.0 Å². The first kappa shape index (κ1) is 38.9. The molecule has 288 valence electrons.